The highest BCUT2D eigenvalue weighted by Gasteiger charge is 2.24. The maximum absolute atomic E-state index is 10.9. The Hall–Kier alpha value is -1.63. The molecule has 7 nitrogen and oxygen atoms in total. The van der Waals surface area contributed by atoms with Crippen LogP contribution in [0.15, 0.2) is 9.98 Å². The second-order valence-corrected chi connectivity index (χ2v) is 2.18. The zero-order chi connectivity index (χ0) is 9.14. The highest BCUT2D eigenvalue weighted by Crippen LogP contribution is 1.99. The predicted molar refractivity (Wildman–Crippen MR) is 42.3 cm³/mol. The van der Waals surface area contributed by atoms with Gasteiger partial charge in [0.25, 0.3) is 5.91 Å². The van der Waals surface area contributed by atoms with Gasteiger partial charge in [0.2, 0.25) is 5.96 Å². The molecule has 66 valence electrons. The normalized spacial score (nSPS) is 21.6. The van der Waals surface area contributed by atoms with Crippen molar-refractivity contribution < 1.29 is 9.90 Å². The number of hydrogen-bond donors (Lipinski definition) is 4. The van der Waals surface area contributed by atoms with Crippen molar-refractivity contribution in [2.45, 2.75) is 6.04 Å². The average molecular weight is 171 g/mol. The summed E-state index contributed by atoms with van der Waals surface area (Å²) in [7, 11) is 0. The van der Waals surface area contributed by atoms with E-state index in [2.05, 4.69) is 15.3 Å². The van der Waals surface area contributed by atoms with Gasteiger partial charge in [0, 0.05) is 0 Å². The molecule has 12 heavy (non-hydrogen) atoms. The molecule has 7 heteroatoms. The van der Waals surface area contributed by atoms with E-state index in [9.17, 15) is 4.79 Å². The van der Waals surface area contributed by atoms with Crippen molar-refractivity contribution in [1.82, 2.24) is 5.32 Å². The van der Waals surface area contributed by atoms with Gasteiger partial charge in [-0.05, 0) is 0 Å². The Bertz CT molecular complexity index is 255. The quantitative estimate of drug-likeness (QED) is 0.249. The smallest absolute Gasteiger partial charge is 0.254 e. The molecule has 1 aliphatic rings. The summed E-state index contributed by atoms with van der Waals surface area (Å²) in [6, 6.07) is -0.789. The zero-order valence-electron chi connectivity index (χ0n) is 6.19. The molecule has 1 amide bonds. The lowest BCUT2D eigenvalue weighted by atomic mass is 10.3. The second kappa shape index (κ2) is 3.18. The van der Waals surface area contributed by atoms with Crippen LogP contribution in [0.1, 0.15) is 0 Å². The number of aliphatic hydroxyl groups is 1. The lowest BCUT2D eigenvalue weighted by Crippen LogP contribution is -2.32. The van der Waals surface area contributed by atoms with Crippen molar-refractivity contribution in [3.8, 4) is 0 Å². The van der Waals surface area contributed by atoms with E-state index >= 15 is 0 Å². The number of aliphatic hydroxyl groups excluding tert-OH is 1. The van der Waals surface area contributed by atoms with Gasteiger partial charge in [-0.15, -0.1) is 0 Å². The number of nitrogens with zero attached hydrogens (tertiary/aromatic N) is 2. The molecule has 1 heterocycles. The first-order valence-electron chi connectivity index (χ1n) is 3.22. The number of nitrogens with one attached hydrogen (secondary N) is 1. The third-order valence-electron chi connectivity index (χ3n) is 1.22. The minimum absolute atomic E-state index is 0.0408. The number of carbonyl (C=O) groups is 1. The van der Waals surface area contributed by atoms with Crippen LogP contribution in [0, 0.1) is 0 Å². The van der Waals surface area contributed by atoms with Crippen LogP contribution in [0.4, 0.5) is 0 Å². The molecule has 0 spiro atoms. The van der Waals surface area contributed by atoms with E-state index in [1.165, 1.54) is 0 Å². The van der Waals surface area contributed by atoms with E-state index in [4.69, 9.17) is 16.6 Å². The summed E-state index contributed by atoms with van der Waals surface area (Å²) >= 11 is 0. The minimum Gasteiger partial charge on any atom is -0.394 e. The van der Waals surface area contributed by atoms with Gasteiger partial charge >= 0.3 is 0 Å². The van der Waals surface area contributed by atoms with Crippen LogP contribution in [0.25, 0.3) is 0 Å². The Morgan fingerprint density at radius 1 is 1.75 bits per heavy atom. The highest BCUT2D eigenvalue weighted by atomic mass is 16.3. The maximum Gasteiger partial charge on any atom is 0.254 e. The lowest BCUT2D eigenvalue weighted by molar-refractivity contribution is -0.120. The average Bonchev–Trinajstić information content (AvgIpc) is 2.29. The summed E-state index contributed by atoms with van der Waals surface area (Å²) in [5.74, 6) is -0.552. The third kappa shape index (κ3) is 1.70. The van der Waals surface area contributed by atoms with Gasteiger partial charge in [-0.1, -0.05) is 0 Å². The number of nitrogens with two attached hydrogens (primary N) is 2. The number of guanidine groups is 2. The summed E-state index contributed by atoms with van der Waals surface area (Å²) in [6.07, 6.45) is 0. The van der Waals surface area contributed by atoms with Gasteiger partial charge in [0.1, 0.15) is 0 Å². The number of rotatable bonds is 1. The molecule has 1 unspecified atom stereocenters. The summed E-state index contributed by atoms with van der Waals surface area (Å²) < 4.78 is 0. The largest absolute Gasteiger partial charge is 0.394 e. The summed E-state index contributed by atoms with van der Waals surface area (Å²) in [5, 5.41) is 10.9. The van der Waals surface area contributed by atoms with Crippen molar-refractivity contribution in [3.63, 3.8) is 0 Å². The topological polar surface area (TPSA) is 126 Å². The summed E-state index contributed by atoms with van der Waals surface area (Å²) in [4.78, 5) is 18.1. The SMILES string of the molecule is NC(N)=NC1=NC(CO)C(=O)N1. The van der Waals surface area contributed by atoms with Gasteiger partial charge in [0.15, 0.2) is 12.0 Å². The van der Waals surface area contributed by atoms with Crippen LogP contribution < -0.4 is 16.8 Å². The van der Waals surface area contributed by atoms with Crippen molar-refractivity contribution in [1.29, 1.82) is 0 Å². The molecule has 0 radical (unpaired) electrons. The van der Waals surface area contributed by atoms with Crippen LogP contribution in [0.2, 0.25) is 0 Å². The molecule has 0 aromatic rings. The molecule has 0 aliphatic carbocycles. The predicted octanol–water partition coefficient (Wildman–Crippen LogP) is -2.89. The fourth-order valence-electron chi connectivity index (χ4n) is 0.735. The molecular weight excluding hydrogens is 162 g/mol. The van der Waals surface area contributed by atoms with Gasteiger partial charge in [-0.2, -0.15) is 4.99 Å². The maximum atomic E-state index is 10.9. The van der Waals surface area contributed by atoms with Crippen molar-refractivity contribution >= 4 is 17.8 Å². The summed E-state index contributed by atoms with van der Waals surface area (Å²) in [5.41, 5.74) is 10.1. The fourth-order valence-corrected chi connectivity index (χ4v) is 0.735. The molecule has 6 N–H and O–H groups in total. The van der Waals surface area contributed by atoms with Crippen molar-refractivity contribution in [2.24, 2.45) is 21.5 Å². The van der Waals surface area contributed by atoms with E-state index in [-0.39, 0.29) is 18.5 Å². The second-order valence-electron chi connectivity index (χ2n) is 2.18. The van der Waals surface area contributed by atoms with Crippen molar-refractivity contribution in [2.75, 3.05) is 6.61 Å². The fraction of sp³-hybridized carbons (Fsp3) is 0.400. The molecule has 1 rings (SSSR count). The Kier molecular flexibility index (Phi) is 2.24. The van der Waals surface area contributed by atoms with Crippen LogP contribution in [0.3, 0.4) is 0 Å². The molecule has 0 saturated heterocycles. The molecule has 1 aliphatic heterocycles. The number of carbonyl (C=O) groups excluding carboxylic acids is 1. The molecule has 0 fully saturated rings. The minimum atomic E-state index is -0.789. The Morgan fingerprint density at radius 3 is 2.83 bits per heavy atom. The van der Waals surface area contributed by atoms with E-state index in [1.807, 2.05) is 0 Å². The van der Waals surface area contributed by atoms with E-state index in [1.54, 1.807) is 0 Å². The molecule has 0 bridgehead atoms. The molecular formula is C5H9N5O2. The zero-order valence-corrected chi connectivity index (χ0v) is 6.19. The van der Waals surface area contributed by atoms with E-state index < -0.39 is 11.9 Å². The lowest BCUT2D eigenvalue weighted by Gasteiger charge is -1.94. The standard InChI is InChI=1S/C5H9N5O2/c6-4(7)10-5-8-2(1-11)3(12)9-5/h2,11H,1H2,(H5,6,7,8,9,10,12). The third-order valence-corrected chi connectivity index (χ3v) is 1.22. The van der Waals surface area contributed by atoms with E-state index in [0.717, 1.165) is 0 Å². The van der Waals surface area contributed by atoms with E-state index in [0.29, 0.717) is 0 Å². The first kappa shape index (κ1) is 8.47. The first-order valence-corrected chi connectivity index (χ1v) is 3.22. The number of amides is 1. The van der Waals surface area contributed by atoms with Gasteiger partial charge in [-0.3, -0.25) is 10.1 Å². The van der Waals surface area contributed by atoms with Crippen LogP contribution in [-0.4, -0.2) is 35.6 Å². The molecule has 0 saturated carbocycles. The summed E-state index contributed by atoms with van der Waals surface area (Å²) in [6.45, 7) is -0.352. The van der Waals surface area contributed by atoms with Gasteiger partial charge < -0.3 is 16.6 Å². The highest BCUT2D eigenvalue weighted by molar-refractivity contribution is 6.08. The Morgan fingerprint density at radius 2 is 2.42 bits per heavy atom. The van der Waals surface area contributed by atoms with Crippen LogP contribution >= 0.6 is 0 Å². The van der Waals surface area contributed by atoms with Crippen LogP contribution in [0.5, 0.6) is 0 Å². The Balaban J connectivity index is 2.72. The first-order chi connectivity index (χ1) is 5.63. The number of hydrogen-bond acceptors (Lipinski definition) is 4. The monoisotopic (exact) mass is 171 g/mol. The van der Waals surface area contributed by atoms with Gasteiger partial charge in [0.05, 0.1) is 6.61 Å². The molecule has 0 aromatic carbocycles. The molecule has 0 aromatic heterocycles. The van der Waals surface area contributed by atoms with Gasteiger partial charge in [-0.25, -0.2) is 4.99 Å². The van der Waals surface area contributed by atoms with Crippen LogP contribution in [-0.2, 0) is 4.79 Å². The molecule has 1 atom stereocenters. The van der Waals surface area contributed by atoms with Crippen molar-refractivity contribution in [3.05, 3.63) is 0 Å². The Labute approximate surface area is 68.2 Å². The number of aliphatic imine (C=N–C) groups is 2.